The molecule has 4 rings (SSSR count). The summed E-state index contributed by atoms with van der Waals surface area (Å²) < 4.78 is 2.01. The molecule has 0 spiro atoms. The van der Waals surface area contributed by atoms with Crippen LogP contribution in [0.25, 0.3) is 0 Å². The highest BCUT2D eigenvalue weighted by atomic mass is 32.1. The smallest absolute Gasteiger partial charge is 0.209 e. The summed E-state index contributed by atoms with van der Waals surface area (Å²) in [5, 5.41) is 14.9. The first-order chi connectivity index (χ1) is 14.2. The minimum Gasteiger partial charge on any atom is -0.360 e. The second kappa shape index (κ2) is 9.05. The Morgan fingerprint density at radius 3 is 2.72 bits per heavy atom. The average molecular weight is 412 g/mol. The van der Waals surface area contributed by atoms with Gasteiger partial charge in [-0.3, -0.25) is 0 Å². The molecule has 154 valence electrons. The Hall–Kier alpha value is -2.25. The fourth-order valence-corrected chi connectivity index (χ4v) is 5.06. The maximum Gasteiger partial charge on any atom is 0.209 e. The average Bonchev–Trinajstić information content (AvgIpc) is 3.41. The van der Waals surface area contributed by atoms with E-state index in [4.69, 9.17) is 0 Å². The zero-order valence-electron chi connectivity index (χ0n) is 17.6. The lowest BCUT2D eigenvalue weighted by molar-refractivity contribution is -0.933. The summed E-state index contributed by atoms with van der Waals surface area (Å²) in [6.07, 6.45) is 2.25. The van der Waals surface area contributed by atoms with Crippen LogP contribution in [0.4, 0.5) is 5.69 Å². The first-order valence-electron chi connectivity index (χ1n) is 10.6. The minimum absolute atomic E-state index is 0.357. The first kappa shape index (κ1) is 20.0. The van der Waals surface area contributed by atoms with Crippen LogP contribution in [0.1, 0.15) is 47.6 Å². The minimum atomic E-state index is 0.357. The molecule has 0 amide bonds. The summed E-state index contributed by atoms with van der Waals surface area (Å²) in [5.74, 6) is 1.04. The maximum absolute atomic E-state index is 4.47. The standard InChI is InChI=1S/C22H30N6S/c1-4-6-20(22-23-24-25-28(22)16-19-7-5-14-29-19)26-10-12-27(13-11-26)21-15-17(2)8-9-18(21)3/h5,7-9,14-15,20H,4,6,10-13,16H2,1-3H3/p+1/t20-/m0/s1. The molecule has 0 radical (unpaired) electrons. The van der Waals surface area contributed by atoms with Crippen molar-refractivity contribution >= 4 is 17.0 Å². The van der Waals surface area contributed by atoms with E-state index in [1.54, 1.807) is 16.2 Å². The molecule has 1 atom stereocenters. The summed E-state index contributed by atoms with van der Waals surface area (Å²) in [4.78, 5) is 5.45. The number of hydrogen-bond donors (Lipinski definition) is 1. The van der Waals surface area contributed by atoms with Crippen LogP contribution in [0.15, 0.2) is 35.7 Å². The van der Waals surface area contributed by atoms with Crippen LogP contribution in [0.2, 0.25) is 0 Å². The highest BCUT2D eigenvalue weighted by Crippen LogP contribution is 2.22. The number of benzene rings is 1. The molecule has 1 aliphatic heterocycles. The Kier molecular flexibility index (Phi) is 6.25. The molecule has 2 aromatic heterocycles. The summed E-state index contributed by atoms with van der Waals surface area (Å²) in [7, 11) is 0. The van der Waals surface area contributed by atoms with Crippen molar-refractivity contribution in [1.82, 2.24) is 20.2 Å². The summed E-state index contributed by atoms with van der Waals surface area (Å²) >= 11 is 1.76. The Labute approximate surface area is 177 Å². The highest BCUT2D eigenvalue weighted by Gasteiger charge is 2.32. The largest absolute Gasteiger partial charge is 0.360 e. The molecule has 3 heterocycles. The van der Waals surface area contributed by atoms with Gasteiger partial charge in [-0.05, 0) is 52.9 Å². The third-order valence-electron chi connectivity index (χ3n) is 5.94. The van der Waals surface area contributed by atoms with Crippen molar-refractivity contribution in [2.24, 2.45) is 0 Å². The van der Waals surface area contributed by atoms with E-state index in [0.717, 1.165) is 51.4 Å². The van der Waals surface area contributed by atoms with E-state index in [1.807, 2.05) is 4.68 Å². The van der Waals surface area contributed by atoms with Gasteiger partial charge in [-0.2, -0.15) is 0 Å². The topological polar surface area (TPSA) is 51.3 Å². The molecule has 7 heteroatoms. The van der Waals surface area contributed by atoms with Crippen molar-refractivity contribution in [1.29, 1.82) is 0 Å². The monoisotopic (exact) mass is 411 g/mol. The van der Waals surface area contributed by atoms with Crippen LogP contribution >= 0.6 is 11.3 Å². The van der Waals surface area contributed by atoms with E-state index in [0.29, 0.717) is 6.04 Å². The van der Waals surface area contributed by atoms with Crippen molar-refractivity contribution in [3.8, 4) is 0 Å². The molecule has 3 aromatic rings. The third-order valence-corrected chi connectivity index (χ3v) is 6.80. The van der Waals surface area contributed by atoms with E-state index in [1.165, 1.54) is 21.7 Å². The van der Waals surface area contributed by atoms with Gasteiger partial charge in [0.2, 0.25) is 5.82 Å². The zero-order valence-corrected chi connectivity index (χ0v) is 18.5. The van der Waals surface area contributed by atoms with E-state index < -0.39 is 0 Å². The second-order valence-corrected chi connectivity index (χ2v) is 9.08. The molecule has 6 nitrogen and oxygen atoms in total. The molecule has 1 fully saturated rings. The molecule has 1 saturated heterocycles. The lowest BCUT2D eigenvalue weighted by Gasteiger charge is -2.37. The fraction of sp³-hybridized carbons (Fsp3) is 0.500. The van der Waals surface area contributed by atoms with E-state index in [2.05, 4.69) is 76.9 Å². The molecule has 1 aromatic carbocycles. The quantitative estimate of drug-likeness (QED) is 0.649. The number of rotatable bonds is 7. The summed E-state index contributed by atoms with van der Waals surface area (Å²) in [6, 6.07) is 11.4. The number of quaternary nitrogens is 1. The molecule has 1 aliphatic rings. The van der Waals surface area contributed by atoms with Crippen LogP contribution < -0.4 is 9.80 Å². The number of hydrogen-bond acceptors (Lipinski definition) is 5. The molecule has 0 bridgehead atoms. The number of nitrogens with one attached hydrogen (secondary N) is 1. The Balaban J connectivity index is 1.48. The summed E-state index contributed by atoms with van der Waals surface area (Å²) in [5.41, 5.74) is 4.08. The second-order valence-electron chi connectivity index (χ2n) is 8.05. The van der Waals surface area contributed by atoms with Gasteiger partial charge in [-0.15, -0.1) is 16.4 Å². The number of aromatic nitrogens is 4. The van der Waals surface area contributed by atoms with Crippen molar-refractivity contribution in [2.75, 3.05) is 31.1 Å². The highest BCUT2D eigenvalue weighted by molar-refractivity contribution is 7.09. The molecule has 0 saturated carbocycles. The number of anilines is 1. The maximum atomic E-state index is 4.47. The molecule has 29 heavy (non-hydrogen) atoms. The number of thiophene rings is 1. The van der Waals surface area contributed by atoms with E-state index >= 15 is 0 Å². The van der Waals surface area contributed by atoms with Crippen molar-refractivity contribution < 1.29 is 4.90 Å². The van der Waals surface area contributed by atoms with Crippen molar-refractivity contribution in [3.05, 3.63) is 57.5 Å². The molecular formula is C22H31N6S+. The van der Waals surface area contributed by atoms with Gasteiger partial charge in [0.15, 0.2) is 0 Å². The fourth-order valence-electron chi connectivity index (χ4n) is 4.37. The van der Waals surface area contributed by atoms with Gasteiger partial charge in [0.25, 0.3) is 0 Å². The van der Waals surface area contributed by atoms with Crippen LogP contribution in [0.5, 0.6) is 0 Å². The molecule has 0 unspecified atom stereocenters. The van der Waals surface area contributed by atoms with Crippen LogP contribution in [0, 0.1) is 13.8 Å². The predicted molar refractivity (Wildman–Crippen MR) is 118 cm³/mol. The predicted octanol–water partition coefficient (Wildman–Crippen LogP) is 2.65. The number of piperazine rings is 1. The van der Waals surface area contributed by atoms with Gasteiger partial charge in [-0.25, -0.2) is 4.68 Å². The van der Waals surface area contributed by atoms with Crippen molar-refractivity contribution in [3.63, 3.8) is 0 Å². The molecule has 0 aliphatic carbocycles. The SMILES string of the molecule is CCC[C@@H](c1nnnn1Cc1cccs1)[NH+]1CCN(c2cc(C)ccc2C)CC1. The van der Waals surface area contributed by atoms with Crippen LogP contribution in [-0.4, -0.2) is 46.4 Å². The van der Waals surface area contributed by atoms with Gasteiger partial charge in [0, 0.05) is 17.0 Å². The number of tetrazole rings is 1. The Morgan fingerprint density at radius 2 is 2.00 bits per heavy atom. The number of aryl methyl sites for hydroxylation is 2. The van der Waals surface area contributed by atoms with E-state index in [9.17, 15) is 0 Å². The van der Waals surface area contributed by atoms with Crippen LogP contribution in [-0.2, 0) is 6.54 Å². The molecule has 1 N–H and O–H groups in total. The van der Waals surface area contributed by atoms with Gasteiger partial charge >= 0.3 is 0 Å². The molecular weight excluding hydrogens is 380 g/mol. The van der Waals surface area contributed by atoms with E-state index in [-0.39, 0.29) is 0 Å². The van der Waals surface area contributed by atoms with Gasteiger partial charge in [0.1, 0.15) is 6.04 Å². The van der Waals surface area contributed by atoms with Crippen LogP contribution in [0.3, 0.4) is 0 Å². The van der Waals surface area contributed by atoms with Gasteiger partial charge < -0.3 is 9.80 Å². The lowest BCUT2D eigenvalue weighted by atomic mass is 10.1. The third kappa shape index (κ3) is 4.51. The Bertz CT molecular complexity index is 911. The first-order valence-corrected chi connectivity index (χ1v) is 11.5. The van der Waals surface area contributed by atoms with Gasteiger partial charge in [-0.1, -0.05) is 31.5 Å². The summed E-state index contributed by atoms with van der Waals surface area (Å²) in [6.45, 7) is 11.8. The normalized spacial score (nSPS) is 16.3. The Morgan fingerprint density at radius 1 is 1.17 bits per heavy atom. The zero-order chi connectivity index (χ0) is 20.2. The van der Waals surface area contributed by atoms with Gasteiger partial charge in [0.05, 0.1) is 32.7 Å². The lowest BCUT2D eigenvalue weighted by Crippen LogP contribution is -3.15. The van der Waals surface area contributed by atoms with Crippen molar-refractivity contribution in [2.45, 2.75) is 46.2 Å². The number of nitrogens with zero attached hydrogens (tertiary/aromatic N) is 5.